The maximum Gasteiger partial charge on any atom is 0.449 e. The Morgan fingerprint density at radius 2 is 1.79 bits per heavy atom. The molecule has 1 aliphatic rings. The zero-order valence-electron chi connectivity index (χ0n) is 20.4. The zero-order chi connectivity index (χ0) is 27.1. The number of hydrogen-bond acceptors (Lipinski definition) is 5. The Morgan fingerprint density at radius 3 is 2.39 bits per heavy atom. The molecule has 0 bridgehead atoms. The molecule has 0 saturated heterocycles. The highest BCUT2D eigenvalue weighted by molar-refractivity contribution is 5.85. The first-order valence-corrected chi connectivity index (χ1v) is 11.3. The van der Waals surface area contributed by atoms with Gasteiger partial charge in [-0.1, -0.05) is 0 Å². The molecular weight excluding hydrogens is 538 g/mol. The molecular formula is C24H25ClF6N6O. The number of pyridine rings is 1. The summed E-state index contributed by atoms with van der Waals surface area (Å²) in [5.74, 6) is -4.48. The Bertz CT molecular complexity index is 1310. The molecule has 3 aromatic rings. The first-order valence-electron chi connectivity index (χ1n) is 11.3. The average molecular weight is 563 g/mol. The van der Waals surface area contributed by atoms with E-state index in [0.29, 0.717) is 23.5 Å². The minimum atomic E-state index is -4.70. The van der Waals surface area contributed by atoms with Gasteiger partial charge in [0.2, 0.25) is 11.7 Å². The second kappa shape index (κ2) is 11.2. The highest BCUT2D eigenvalue weighted by Crippen LogP contribution is 2.36. The predicted octanol–water partition coefficient (Wildman–Crippen LogP) is 4.17. The van der Waals surface area contributed by atoms with Crippen LogP contribution in [0.2, 0.25) is 0 Å². The third-order valence-corrected chi connectivity index (χ3v) is 6.10. The Labute approximate surface area is 220 Å². The van der Waals surface area contributed by atoms with Crippen molar-refractivity contribution >= 4 is 24.1 Å². The van der Waals surface area contributed by atoms with Crippen molar-refractivity contribution in [2.75, 3.05) is 25.5 Å². The number of nitrogens with two attached hydrogens (primary N) is 1. The summed E-state index contributed by atoms with van der Waals surface area (Å²) in [7, 11) is 3.55. The Morgan fingerprint density at radius 1 is 1.11 bits per heavy atom. The molecule has 0 aliphatic carbocycles. The fourth-order valence-electron chi connectivity index (χ4n) is 4.25. The average Bonchev–Trinajstić information content (AvgIpc) is 3.22. The van der Waals surface area contributed by atoms with Gasteiger partial charge in [0.15, 0.2) is 11.6 Å². The molecule has 14 heteroatoms. The number of carbonyl (C=O) groups is 1. The summed E-state index contributed by atoms with van der Waals surface area (Å²) >= 11 is 0. The lowest BCUT2D eigenvalue weighted by molar-refractivity contribution is -0.148. The molecule has 206 valence electrons. The molecule has 3 heterocycles. The fourth-order valence-corrected chi connectivity index (χ4v) is 4.25. The van der Waals surface area contributed by atoms with Gasteiger partial charge >= 0.3 is 6.18 Å². The molecule has 0 saturated carbocycles. The van der Waals surface area contributed by atoms with Crippen molar-refractivity contribution in [3.63, 3.8) is 0 Å². The first kappa shape index (κ1) is 29.2. The largest absolute Gasteiger partial charge is 0.449 e. The number of imidazole rings is 1. The SMILES string of the molecule is CN(C)c1ccc(-c2nc(C(F)(F)F)n3c2CN(C(=O)CC(N)Cc2cc(F)c(F)cc2F)CC3)cn1.Cl. The maximum absolute atomic E-state index is 14.0. The molecule has 1 aromatic carbocycles. The lowest BCUT2D eigenvalue weighted by Gasteiger charge is -2.30. The van der Waals surface area contributed by atoms with E-state index in [1.807, 2.05) is 0 Å². The van der Waals surface area contributed by atoms with Crippen LogP contribution in [0.1, 0.15) is 23.5 Å². The van der Waals surface area contributed by atoms with E-state index in [1.54, 1.807) is 31.1 Å². The highest BCUT2D eigenvalue weighted by atomic mass is 35.5. The number of alkyl halides is 3. The fraction of sp³-hybridized carbons (Fsp3) is 0.375. The van der Waals surface area contributed by atoms with Crippen molar-refractivity contribution in [2.45, 2.75) is 38.1 Å². The van der Waals surface area contributed by atoms with E-state index in [0.717, 1.165) is 4.57 Å². The number of benzene rings is 1. The molecule has 1 atom stereocenters. The lowest BCUT2D eigenvalue weighted by Crippen LogP contribution is -2.42. The molecule has 1 amide bonds. The van der Waals surface area contributed by atoms with Crippen LogP contribution in [0.3, 0.4) is 0 Å². The number of halogens is 7. The normalized spacial score (nSPS) is 14.1. The summed E-state index contributed by atoms with van der Waals surface area (Å²) in [6.07, 6.45) is -3.78. The quantitative estimate of drug-likeness (QED) is 0.360. The lowest BCUT2D eigenvalue weighted by atomic mass is 10.0. The number of hydrogen-bond donors (Lipinski definition) is 1. The number of anilines is 1. The van der Waals surface area contributed by atoms with E-state index in [9.17, 15) is 31.1 Å². The van der Waals surface area contributed by atoms with Crippen LogP contribution in [0.15, 0.2) is 30.5 Å². The van der Waals surface area contributed by atoms with Gasteiger partial charge in [0.1, 0.15) is 11.6 Å². The molecule has 4 rings (SSSR count). The third-order valence-electron chi connectivity index (χ3n) is 6.10. The summed E-state index contributed by atoms with van der Waals surface area (Å²) in [6, 6.07) is 3.43. The molecule has 1 unspecified atom stereocenters. The number of fused-ring (bicyclic) bond motifs is 1. The summed E-state index contributed by atoms with van der Waals surface area (Å²) in [5.41, 5.74) is 6.43. The second-order valence-electron chi connectivity index (χ2n) is 9.02. The van der Waals surface area contributed by atoms with Crippen LogP contribution in [0.5, 0.6) is 0 Å². The van der Waals surface area contributed by atoms with Gasteiger partial charge < -0.3 is 20.1 Å². The topological polar surface area (TPSA) is 80.3 Å². The van der Waals surface area contributed by atoms with Crippen molar-refractivity contribution in [1.29, 1.82) is 0 Å². The van der Waals surface area contributed by atoms with Crippen LogP contribution >= 0.6 is 12.4 Å². The van der Waals surface area contributed by atoms with Crippen molar-refractivity contribution in [1.82, 2.24) is 19.4 Å². The van der Waals surface area contributed by atoms with Crippen LogP contribution in [0.4, 0.5) is 32.2 Å². The number of carbonyl (C=O) groups excluding carboxylic acids is 1. The second-order valence-corrected chi connectivity index (χ2v) is 9.02. The van der Waals surface area contributed by atoms with Gasteiger partial charge in [0.25, 0.3) is 0 Å². The van der Waals surface area contributed by atoms with Crippen LogP contribution < -0.4 is 10.6 Å². The van der Waals surface area contributed by atoms with E-state index >= 15 is 0 Å². The standard InChI is InChI=1S/C24H24F6N6O.ClH/c1-34(2)20-4-3-13(11-32-20)22-19-12-35(5-6-36(19)23(33-22)24(28,29)30)21(37)9-15(31)7-14-8-17(26)18(27)10-16(14)25;/h3-4,8,10-11,15H,5-7,9,12,31H2,1-2H3;1H. The molecule has 2 aromatic heterocycles. The number of nitrogens with zero attached hydrogens (tertiary/aromatic N) is 5. The zero-order valence-corrected chi connectivity index (χ0v) is 21.2. The van der Waals surface area contributed by atoms with E-state index < -0.39 is 41.4 Å². The molecule has 0 fully saturated rings. The third kappa shape index (κ3) is 6.04. The van der Waals surface area contributed by atoms with Crippen molar-refractivity contribution in [2.24, 2.45) is 5.73 Å². The highest BCUT2D eigenvalue weighted by Gasteiger charge is 2.41. The summed E-state index contributed by atoms with van der Waals surface area (Å²) in [4.78, 5) is 24.1. The minimum Gasteiger partial charge on any atom is -0.363 e. The van der Waals surface area contributed by atoms with Gasteiger partial charge in [-0.3, -0.25) is 4.79 Å². The molecule has 38 heavy (non-hydrogen) atoms. The number of aromatic nitrogens is 3. The smallest absolute Gasteiger partial charge is 0.363 e. The monoisotopic (exact) mass is 562 g/mol. The van der Waals surface area contributed by atoms with Gasteiger partial charge in [-0.25, -0.2) is 23.1 Å². The Balaban J connectivity index is 0.00000400. The Hall–Kier alpha value is -3.32. The van der Waals surface area contributed by atoms with Crippen molar-refractivity contribution < 1.29 is 31.1 Å². The number of amides is 1. The van der Waals surface area contributed by atoms with Gasteiger partial charge in [-0.2, -0.15) is 13.2 Å². The number of rotatable bonds is 6. The van der Waals surface area contributed by atoms with Gasteiger partial charge in [-0.15, -0.1) is 12.4 Å². The molecule has 2 N–H and O–H groups in total. The molecule has 0 spiro atoms. The molecule has 1 aliphatic heterocycles. The predicted molar refractivity (Wildman–Crippen MR) is 130 cm³/mol. The van der Waals surface area contributed by atoms with Crippen LogP contribution in [-0.2, 0) is 30.5 Å². The minimum absolute atomic E-state index is 0. The van der Waals surface area contributed by atoms with Crippen LogP contribution in [-0.4, -0.2) is 52.0 Å². The first-order chi connectivity index (χ1) is 17.3. The van der Waals surface area contributed by atoms with E-state index in [2.05, 4.69) is 9.97 Å². The van der Waals surface area contributed by atoms with E-state index in [1.165, 1.54) is 11.1 Å². The summed E-state index contributed by atoms with van der Waals surface area (Å²) in [6.45, 7) is -0.313. The van der Waals surface area contributed by atoms with Gasteiger partial charge in [0, 0.05) is 57.5 Å². The van der Waals surface area contributed by atoms with Crippen LogP contribution in [0.25, 0.3) is 11.3 Å². The van der Waals surface area contributed by atoms with Crippen molar-refractivity contribution in [3.05, 3.63) is 65.0 Å². The van der Waals surface area contributed by atoms with Gasteiger partial charge in [-0.05, 0) is 30.2 Å². The van der Waals surface area contributed by atoms with E-state index in [4.69, 9.17) is 5.73 Å². The summed E-state index contributed by atoms with van der Waals surface area (Å²) < 4.78 is 82.8. The Kier molecular flexibility index (Phi) is 8.62. The molecule has 0 radical (unpaired) electrons. The summed E-state index contributed by atoms with van der Waals surface area (Å²) in [5, 5.41) is 0. The maximum atomic E-state index is 14.0. The van der Waals surface area contributed by atoms with Crippen LogP contribution in [0, 0.1) is 17.5 Å². The van der Waals surface area contributed by atoms with Crippen molar-refractivity contribution in [3.8, 4) is 11.3 Å². The van der Waals surface area contributed by atoms with Gasteiger partial charge in [0.05, 0.1) is 17.9 Å². The molecule has 7 nitrogen and oxygen atoms in total. The van der Waals surface area contributed by atoms with E-state index in [-0.39, 0.29) is 61.8 Å².